The number of nitrogens with zero attached hydrogens (tertiary/aromatic N) is 1. The summed E-state index contributed by atoms with van der Waals surface area (Å²) in [6.07, 6.45) is 6.61. The van der Waals surface area contributed by atoms with Crippen LogP contribution in [0.25, 0.3) is 0 Å². The third-order valence-corrected chi connectivity index (χ3v) is 3.43. The van der Waals surface area contributed by atoms with Gasteiger partial charge >= 0.3 is 0 Å². The molecule has 1 atom stereocenters. The van der Waals surface area contributed by atoms with Gasteiger partial charge in [0.05, 0.1) is 0 Å². The molecule has 1 unspecified atom stereocenters. The van der Waals surface area contributed by atoms with E-state index in [1.54, 1.807) is 0 Å². The van der Waals surface area contributed by atoms with Gasteiger partial charge in [-0.05, 0) is 18.1 Å². The topological polar surface area (TPSA) is 20.3 Å². The molecule has 1 aliphatic rings. The number of hydrogen-bond donors (Lipinski definition) is 0. The first-order valence-electron chi connectivity index (χ1n) is 5.68. The molecule has 1 saturated heterocycles. The van der Waals surface area contributed by atoms with E-state index in [1.807, 2.05) is 29.2 Å². The van der Waals surface area contributed by atoms with Gasteiger partial charge in [0.2, 0.25) is 5.91 Å². The van der Waals surface area contributed by atoms with Gasteiger partial charge in [0.1, 0.15) is 0 Å². The maximum absolute atomic E-state index is 11.6. The van der Waals surface area contributed by atoms with Crippen LogP contribution in [0.3, 0.4) is 0 Å². The van der Waals surface area contributed by atoms with Crippen LogP contribution >= 0.6 is 11.6 Å². The standard InChI is InChI=1S/C14H14ClNO/c1-2-11-9-14(17)16(10-11)8-7-12-5-3-4-6-13(12)15/h1,3-6,11H,7-10H2. The first-order chi connectivity index (χ1) is 8.20. The molecule has 1 heterocycles. The van der Waals surface area contributed by atoms with Crippen molar-refractivity contribution in [2.75, 3.05) is 13.1 Å². The molecular weight excluding hydrogens is 234 g/mol. The lowest BCUT2D eigenvalue weighted by Crippen LogP contribution is -2.27. The number of benzene rings is 1. The lowest BCUT2D eigenvalue weighted by molar-refractivity contribution is -0.127. The average Bonchev–Trinajstić information content (AvgIpc) is 2.69. The molecule has 2 nitrogen and oxygen atoms in total. The minimum Gasteiger partial charge on any atom is -0.341 e. The Kier molecular flexibility index (Phi) is 3.71. The molecule has 17 heavy (non-hydrogen) atoms. The van der Waals surface area contributed by atoms with E-state index in [2.05, 4.69) is 5.92 Å². The van der Waals surface area contributed by atoms with E-state index in [0.29, 0.717) is 19.5 Å². The zero-order valence-electron chi connectivity index (χ0n) is 9.53. The average molecular weight is 248 g/mol. The van der Waals surface area contributed by atoms with Crippen LogP contribution < -0.4 is 0 Å². The minimum absolute atomic E-state index is 0.0775. The highest BCUT2D eigenvalue weighted by molar-refractivity contribution is 6.31. The lowest BCUT2D eigenvalue weighted by atomic mass is 10.1. The van der Waals surface area contributed by atoms with E-state index in [0.717, 1.165) is 17.0 Å². The summed E-state index contributed by atoms with van der Waals surface area (Å²) < 4.78 is 0. The van der Waals surface area contributed by atoms with Crippen molar-refractivity contribution in [1.82, 2.24) is 4.90 Å². The SMILES string of the molecule is C#CC1CC(=O)N(CCc2ccccc2Cl)C1. The number of likely N-dealkylation sites (tertiary alicyclic amines) is 1. The van der Waals surface area contributed by atoms with E-state index in [9.17, 15) is 4.79 Å². The van der Waals surface area contributed by atoms with Crippen molar-refractivity contribution >= 4 is 17.5 Å². The highest BCUT2D eigenvalue weighted by Crippen LogP contribution is 2.19. The number of carbonyl (C=O) groups is 1. The summed E-state index contributed by atoms with van der Waals surface area (Å²) in [7, 11) is 0. The Morgan fingerprint density at radius 2 is 2.24 bits per heavy atom. The third-order valence-electron chi connectivity index (χ3n) is 3.06. The maximum Gasteiger partial charge on any atom is 0.223 e. The van der Waals surface area contributed by atoms with Gasteiger partial charge < -0.3 is 4.90 Å². The molecule has 1 aliphatic heterocycles. The predicted octanol–water partition coefficient (Wildman–Crippen LogP) is 2.36. The number of carbonyl (C=O) groups excluding carboxylic acids is 1. The summed E-state index contributed by atoms with van der Waals surface area (Å²) in [5.41, 5.74) is 1.08. The zero-order valence-corrected chi connectivity index (χ0v) is 10.3. The molecule has 1 aromatic carbocycles. The molecule has 0 spiro atoms. The normalized spacial score (nSPS) is 19.4. The summed E-state index contributed by atoms with van der Waals surface area (Å²) >= 11 is 6.07. The quantitative estimate of drug-likeness (QED) is 0.751. The van der Waals surface area contributed by atoms with Gasteiger partial charge in [-0.2, -0.15) is 0 Å². The highest BCUT2D eigenvalue weighted by atomic mass is 35.5. The fraction of sp³-hybridized carbons (Fsp3) is 0.357. The molecular formula is C14H14ClNO. The van der Waals surface area contributed by atoms with Gasteiger partial charge in [-0.3, -0.25) is 4.79 Å². The van der Waals surface area contributed by atoms with Crippen LogP contribution in [0.4, 0.5) is 0 Å². The van der Waals surface area contributed by atoms with E-state index in [-0.39, 0.29) is 11.8 Å². The van der Waals surface area contributed by atoms with Crippen LogP contribution in [0.1, 0.15) is 12.0 Å². The van der Waals surface area contributed by atoms with E-state index >= 15 is 0 Å². The summed E-state index contributed by atoms with van der Waals surface area (Å²) in [4.78, 5) is 13.5. The second kappa shape index (κ2) is 5.25. The highest BCUT2D eigenvalue weighted by Gasteiger charge is 2.27. The maximum atomic E-state index is 11.6. The Balaban J connectivity index is 1.94. The van der Waals surface area contributed by atoms with Crippen molar-refractivity contribution in [3.05, 3.63) is 34.9 Å². The fourth-order valence-corrected chi connectivity index (χ4v) is 2.29. The first-order valence-corrected chi connectivity index (χ1v) is 6.06. The lowest BCUT2D eigenvalue weighted by Gasteiger charge is -2.16. The molecule has 0 radical (unpaired) electrons. The van der Waals surface area contributed by atoms with Crippen molar-refractivity contribution in [3.8, 4) is 12.3 Å². The van der Waals surface area contributed by atoms with E-state index < -0.39 is 0 Å². The Morgan fingerprint density at radius 1 is 1.47 bits per heavy atom. The van der Waals surface area contributed by atoms with Crippen molar-refractivity contribution in [3.63, 3.8) is 0 Å². The summed E-state index contributed by atoms with van der Waals surface area (Å²) in [6.45, 7) is 1.38. The van der Waals surface area contributed by atoms with Crippen molar-refractivity contribution in [1.29, 1.82) is 0 Å². The summed E-state index contributed by atoms with van der Waals surface area (Å²) in [5, 5.41) is 0.757. The molecule has 1 aromatic rings. The van der Waals surface area contributed by atoms with Crippen molar-refractivity contribution in [2.24, 2.45) is 5.92 Å². The smallest absolute Gasteiger partial charge is 0.223 e. The van der Waals surface area contributed by atoms with Crippen LogP contribution in [0, 0.1) is 18.3 Å². The van der Waals surface area contributed by atoms with Gasteiger partial charge in [0.15, 0.2) is 0 Å². The van der Waals surface area contributed by atoms with E-state index in [4.69, 9.17) is 18.0 Å². The van der Waals surface area contributed by atoms with Gasteiger partial charge in [-0.25, -0.2) is 0 Å². The summed E-state index contributed by atoms with van der Waals surface area (Å²) in [6, 6.07) is 7.72. The fourth-order valence-electron chi connectivity index (χ4n) is 2.06. The number of amides is 1. The minimum atomic E-state index is 0.0775. The molecule has 88 valence electrons. The van der Waals surface area contributed by atoms with Gasteiger partial charge in [0.25, 0.3) is 0 Å². The molecule has 0 bridgehead atoms. The molecule has 0 aromatic heterocycles. The monoisotopic (exact) mass is 247 g/mol. The molecule has 1 amide bonds. The Labute approximate surface area is 107 Å². The van der Waals surface area contributed by atoms with Crippen molar-refractivity contribution < 1.29 is 4.79 Å². The number of hydrogen-bond acceptors (Lipinski definition) is 1. The number of rotatable bonds is 3. The predicted molar refractivity (Wildman–Crippen MR) is 68.7 cm³/mol. The molecule has 0 aliphatic carbocycles. The van der Waals surface area contributed by atoms with Gasteiger partial charge in [-0.1, -0.05) is 29.8 Å². The zero-order chi connectivity index (χ0) is 12.3. The second-order valence-electron chi connectivity index (χ2n) is 4.25. The molecule has 1 fully saturated rings. The van der Waals surface area contributed by atoms with Crippen LogP contribution in [0.2, 0.25) is 5.02 Å². The Hall–Kier alpha value is -1.46. The molecule has 0 saturated carbocycles. The second-order valence-corrected chi connectivity index (χ2v) is 4.66. The summed E-state index contributed by atoms with van der Waals surface area (Å²) in [5.74, 6) is 2.88. The Bertz CT molecular complexity index is 464. The van der Waals surface area contributed by atoms with Gasteiger partial charge in [0, 0.05) is 30.5 Å². The molecule has 2 rings (SSSR count). The number of halogens is 1. The largest absolute Gasteiger partial charge is 0.341 e. The van der Waals surface area contributed by atoms with Crippen LogP contribution in [0.15, 0.2) is 24.3 Å². The first kappa shape index (κ1) is 12.0. The van der Waals surface area contributed by atoms with Gasteiger partial charge in [-0.15, -0.1) is 12.3 Å². The van der Waals surface area contributed by atoms with Crippen LogP contribution in [0.5, 0.6) is 0 Å². The Morgan fingerprint density at radius 3 is 2.88 bits per heavy atom. The number of terminal acetylenes is 1. The van der Waals surface area contributed by atoms with Crippen LogP contribution in [-0.4, -0.2) is 23.9 Å². The molecule has 0 N–H and O–H groups in total. The van der Waals surface area contributed by atoms with E-state index in [1.165, 1.54) is 0 Å². The molecule has 3 heteroatoms. The van der Waals surface area contributed by atoms with Crippen LogP contribution in [-0.2, 0) is 11.2 Å². The van der Waals surface area contributed by atoms with Crippen molar-refractivity contribution in [2.45, 2.75) is 12.8 Å². The third kappa shape index (κ3) is 2.81.